The van der Waals surface area contributed by atoms with Crippen LogP contribution in [-0.4, -0.2) is 46.1 Å². The fourth-order valence-electron chi connectivity index (χ4n) is 7.53. The Morgan fingerprint density at radius 2 is 0.796 bits per heavy atom. The first-order valence-electron chi connectivity index (χ1n) is 24.1. The number of amides is 1. The van der Waals surface area contributed by atoms with Crippen molar-refractivity contribution >= 4 is 5.91 Å². The lowest BCUT2D eigenvalue weighted by atomic mass is 10.0. The molecule has 0 heterocycles. The van der Waals surface area contributed by atoms with E-state index in [2.05, 4.69) is 31.3 Å². The lowest BCUT2D eigenvalue weighted by Gasteiger charge is -2.21. The zero-order valence-electron chi connectivity index (χ0n) is 36.4. The molecule has 0 fully saturated rings. The van der Waals surface area contributed by atoms with Gasteiger partial charge in [0.05, 0.1) is 31.3 Å². The van der Waals surface area contributed by atoms with E-state index in [-0.39, 0.29) is 18.9 Å². The summed E-state index contributed by atoms with van der Waals surface area (Å²) in [5, 5.41) is 33.3. The van der Waals surface area contributed by atoms with Crippen molar-refractivity contribution in [2.24, 2.45) is 0 Å². The van der Waals surface area contributed by atoms with Crippen LogP contribution in [0.4, 0.5) is 0 Å². The molecule has 5 heteroatoms. The van der Waals surface area contributed by atoms with Gasteiger partial charge in [-0.15, -0.1) is 0 Å². The number of hydrogen-bond donors (Lipinski definition) is 4. The first kappa shape index (κ1) is 52.8. The topological polar surface area (TPSA) is 89.8 Å². The summed E-state index contributed by atoms with van der Waals surface area (Å²) in [5.41, 5.74) is 0. The third-order valence-electron chi connectivity index (χ3n) is 11.2. The minimum Gasteiger partial charge on any atom is -0.394 e. The number of aliphatic hydroxyl groups excluding tert-OH is 3. The van der Waals surface area contributed by atoms with Gasteiger partial charge in [0.15, 0.2) is 0 Å². The van der Waals surface area contributed by atoms with Crippen LogP contribution in [0, 0.1) is 0 Å². The van der Waals surface area contributed by atoms with Crippen molar-refractivity contribution < 1.29 is 20.1 Å². The number of carbonyl (C=O) groups excluding carboxylic acids is 1. The van der Waals surface area contributed by atoms with Crippen LogP contribution in [0.1, 0.15) is 258 Å². The summed E-state index contributed by atoms with van der Waals surface area (Å²) in [6.45, 7) is 4.22. The van der Waals surface area contributed by atoms with Gasteiger partial charge in [0.25, 0.3) is 0 Å². The lowest BCUT2D eigenvalue weighted by Crippen LogP contribution is -2.45. The molecule has 0 spiro atoms. The number of aliphatic hydroxyl groups is 3. The van der Waals surface area contributed by atoms with E-state index >= 15 is 0 Å². The SMILES string of the molecule is CCCCCCCCCCCCCCCCCCCC/C=C/CC/C=C/C(O)C(CO)NC(=O)CC(O)CCCCCCCCCCCCCCCCC. The third kappa shape index (κ3) is 40.5. The molecule has 0 rings (SSSR count). The molecular formula is C49H95NO4. The number of carbonyl (C=O) groups is 1. The van der Waals surface area contributed by atoms with Gasteiger partial charge >= 0.3 is 0 Å². The molecule has 0 saturated carbocycles. The maximum atomic E-state index is 12.4. The molecule has 0 bridgehead atoms. The molecule has 0 aliphatic rings. The van der Waals surface area contributed by atoms with Crippen LogP contribution in [0.5, 0.6) is 0 Å². The Bertz CT molecular complexity index is 799. The minimum atomic E-state index is -0.949. The third-order valence-corrected chi connectivity index (χ3v) is 11.2. The zero-order chi connectivity index (χ0) is 39.4. The highest BCUT2D eigenvalue weighted by molar-refractivity contribution is 5.76. The van der Waals surface area contributed by atoms with Gasteiger partial charge in [-0.3, -0.25) is 4.79 Å². The van der Waals surface area contributed by atoms with Crippen LogP contribution in [0.15, 0.2) is 24.3 Å². The predicted octanol–water partition coefficient (Wildman–Crippen LogP) is 14.2. The van der Waals surface area contributed by atoms with E-state index in [1.54, 1.807) is 6.08 Å². The molecule has 5 nitrogen and oxygen atoms in total. The lowest BCUT2D eigenvalue weighted by molar-refractivity contribution is -0.124. The van der Waals surface area contributed by atoms with Gasteiger partial charge in [0, 0.05) is 0 Å². The maximum Gasteiger partial charge on any atom is 0.222 e. The number of allylic oxidation sites excluding steroid dienone is 3. The first-order chi connectivity index (χ1) is 26.5. The van der Waals surface area contributed by atoms with E-state index < -0.39 is 18.2 Å². The van der Waals surface area contributed by atoms with Crippen molar-refractivity contribution in [2.75, 3.05) is 6.61 Å². The number of unbranched alkanes of at least 4 members (excludes halogenated alkanes) is 33. The molecule has 0 saturated heterocycles. The molecule has 54 heavy (non-hydrogen) atoms. The highest BCUT2D eigenvalue weighted by Gasteiger charge is 2.20. The summed E-state index contributed by atoms with van der Waals surface area (Å²) in [7, 11) is 0. The van der Waals surface area contributed by atoms with Gasteiger partial charge < -0.3 is 20.6 Å². The van der Waals surface area contributed by atoms with Crippen LogP contribution in [0.3, 0.4) is 0 Å². The normalized spacial score (nSPS) is 13.6. The van der Waals surface area contributed by atoms with Gasteiger partial charge in [-0.05, 0) is 32.1 Å². The van der Waals surface area contributed by atoms with Crippen molar-refractivity contribution in [2.45, 2.75) is 276 Å². The number of nitrogens with one attached hydrogen (secondary N) is 1. The summed E-state index contributed by atoms with van der Waals surface area (Å²) in [4.78, 5) is 12.4. The molecule has 1 amide bonds. The van der Waals surface area contributed by atoms with Crippen LogP contribution >= 0.6 is 0 Å². The van der Waals surface area contributed by atoms with E-state index in [0.29, 0.717) is 6.42 Å². The second-order valence-corrected chi connectivity index (χ2v) is 16.7. The monoisotopic (exact) mass is 762 g/mol. The Hall–Kier alpha value is -1.17. The van der Waals surface area contributed by atoms with Crippen molar-refractivity contribution in [3.05, 3.63) is 24.3 Å². The molecule has 3 unspecified atom stereocenters. The Kier molecular flexibility index (Phi) is 43.6. The van der Waals surface area contributed by atoms with E-state index in [1.165, 1.54) is 199 Å². The fourth-order valence-corrected chi connectivity index (χ4v) is 7.53. The molecule has 0 aromatic rings. The summed E-state index contributed by atoms with van der Waals surface area (Å²) >= 11 is 0. The maximum absolute atomic E-state index is 12.4. The Morgan fingerprint density at radius 1 is 0.463 bits per heavy atom. The summed E-state index contributed by atoms with van der Waals surface area (Å²) in [5.74, 6) is -0.322. The van der Waals surface area contributed by atoms with Crippen molar-refractivity contribution in [3.8, 4) is 0 Å². The Labute approximate surface area is 337 Å². The quantitative estimate of drug-likeness (QED) is 0.0368. The first-order valence-corrected chi connectivity index (χ1v) is 24.1. The van der Waals surface area contributed by atoms with E-state index in [1.807, 2.05) is 6.08 Å². The van der Waals surface area contributed by atoms with Crippen LogP contribution in [-0.2, 0) is 4.79 Å². The predicted molar refractivity (Wildman–Crippen MR) is 236 cm³/mol. The van der Waals surface area contributed by atoms with E-state index in [4.69, 9.17) is 0 Å². The minimum absolute atomic E-state index is 0.00973. The average molecular weight is 762 g/mol. The Balaban J connectivity index is 3.64. The van der Waals surface area contributed by atoms with E-state index in [9.17, 15) is 20.1 Å². The molecule has 0 radical (unpaired) electrons. The second-order valence-electron chi connectivity index (χ2n) is 16.7. The van der Waals surface area contributed by atoms with Crippen molar-refractivity contribution in [3.63, 3.8) is 0 Å². The molecular weight excluding hydrogens is 667 g/mol. The van der Waals surface area contributed by atoms with Crippen LogP contribution in [0.2, 0.25) is 0 Å². The fraction of sp³-hybridized carbons (Fsp3) is 0.898. The van der Waals surface area contributed by atoms with Crippen molar-refractivity contribution in [1.82, 2.24) is 5.32 Å². The number of hydrogen-bond acceptors (Lipinski definition) is 4. The number of rotatable bonds is 44. The molecule has 0 aromatic heterocycles. The highest BCUT2D eigenvalue weighted by Crippen LogP contribution is 2.16. The van der Waals surface area contributed by atoms with Gasteiger partial charge in [0.1, 0.15) is 0 Å². The molecule has 0 aliphatic heterocycles. The van der Waals surface area contributed by atoms with Gasteiger partial charge in [0.2, 0.25) is 5.91 Å². The van der Waals surface area contributed by atoms with Gasteiger partial charge in [-0.1, -0.05) is 244 Å². The van der Waals surface area contributed by atoms with Gasteiger partial charge in [-0.2, -0.15) is 0 Å². The van der Waals surface area contributed by atoms with Crippen molar-refractivity contribution in [1.29, 1.82) is 0 Å². The zero-order valence-corrected chi connectivity index (χ0v) is 36.4. The van der Waals surface area contributed by atoms with E-state index in [0.717, 1.165) is 32.1 Å². The largest absolute Gasteiger partial charge is 0.394 e. The highest BCUT2D eigenvalue weighted by atomic mass is 16.3. The molecule has 3 atom stereocenters. The summed E-state index contributed by atoms with van der Waals surface area (Å²) < 4.78 is 0. The summed E-state index contributed by atoms with van der Waals surface area (Å²) in [6, 6.07) is -0.758. The molecule has 0 aliphatic carbocycles. The summed E-state index contributed by atoms with van der Waals surface area (Å²) in [6.07, 6.45) is 54.8. The second kappa shape index (κ2) is 44.5. The molecule has 4 N–H and O–H groups in total. The molecule has 0 aromatic carbocycles. The smallest absolute Gasteiger partial charge is 0.222 e. The Morgan fingerprint density at radius 3 is 1.19 bits per heavy atom. The van der Waals surface area contributed by atoms with Crippen LogP contribution in [0.25, 0.3) is 0 Å². The van der Waals surface area contributed by atoms with Crippen LogP contribution < -0.4 is 5.32 Å². The van der Waals surface area contributed by atoms with Gasteiger partial charge in [-0.25, -0.2) is 0 Å². The molecule has 320 valence electrons. The standard InChI is InChI=1S/C49H95NO4/c1-3-5-7-9-11-13-15-17-19-20-21-22-23-24-25-26-27-29-31-33-35-37-39-41-43-48(53)47(45-51)50-49(54)44-46(52)42-40-38-36-34-32-30-28-18-16-14-12-10-8-6-4-2/h33,35,41,43,46-48,51-53H,3-32,34,36-40,42,44-45H2,1-2H3,(H,50,54)/b35-33+,43-41+. The average Bonchev–Trinajstić information content (AvgIpc) is 3.16.